The van der Waals surface area contributed by atoms with Crippen LogP contribution >= 0.6 is 0 Å². The summed E-state index contributed by atoms with van der Waals surface area (Å²) in [4.78, 5) is 7.80. The van der Waals surface area contributed by atoms with Crippen LogP contribution in [0.4, 0.5) is 0 Å². The summed E-state index contributed by atoms with van der Waals surface area (Å²) in [6.07, 6.45) is 11.6. The molecule has 2 aliphatic carbocycles. The minimum Gasteiger partial charge on any atom is -0.375 e. The van der Waals surface area contributed by atoms with E-state index in [1.165, 1.54) is 48.9 Å². The fourth-order valence-corrected chi connectivity index (χ4v) is 8.32. The Morgan fingerprint density at radius 3 is 2.66 bits per heavy atom. The normalized spacial score (nSPS) is 27.6. The Morgan fingerprint density at radius 2 is 1.82 bits per heavy atom. The summed E-state index contributed by atoms with van der Waals surface area (Å²) in [7, 11) is 0. The van der Waals surface area contributed by atoms with E-state index >= 15 is 0 Å². The van der Waals surface area contributed by atoms with E-state index < -0.39 is 0 Å². The van der Waals surface area contributed by atoms with Gasteiger partial charge in [0.1, 0.15) is 0 Å². The van der Waals surface area contributed by atoms with Gasteiger partial charge in [0.15, 0.2) is 0 Å². The number of hydrogen-bond acceptors (Lipinski definition) is 4. The summed E-state index contributed by atoms with van der Waals surface area (Å²) < 4.78 is 6.55. The zero-order chi connectivity index (χ0) is 25.4. The number of rotatable bonds is 7. The van der Waals surface area contributed by atoms with Gasteiger partial charge in [-0.15, -0.1) is 0 Å². The average Bonchev–Trinajstić information content (AvgIpc) is 3.58. The highest BCUT2D eigenvalue weighted by Gasteiger charge is 2.49. The van der Waals surface area contributed by atoms with Crippen LogP contribution in [0.25, 0.3) is 0 Å². The van der Waals surface area contributed by atoms with Gasteiger partial charge in [0, 0.05) is 56.1 Å². The molecule has 1 saturated heterocycles. The smallest absolute Gasteiger partial charge is 0.0691 e. The fraction of sp³-hybridized carbons (Fsp3) is 0.500. The van der Waals surface area contributed by atoms with Gasteiger partial charge in [-0.3, -0.25) is 9.88 Å². The molecule has 4 aliphatic rings. The largest absolute Gasteiger partial charge is 0.375 e. The maximum Gasteiger partial charge on any atom is 0.0691 e. The first-order chi connectivity index (χ1) is 18.7. The van der Waals surface area contributed by atoms with E-state index in [0.717, 1.165) is 52.0 Å². The average molecular weight is 508 g/mol. The molecule has 1 N–H and O–H groups in total. The van der Waals surface area contributed by atoms with Gasteiger partial charge in [0.05, 0.1) is 5.60 Å². The quantitative estimate of drug-likeness (QED) is 0.388. The monoisotopic (exact) mass is 507 g/mol. The number of ether oxygens (including phenoxy) is 1. The van der Waals surface area contributed by atoms with E-state index in [-0.39, 0.29) is 11.0 Å². The van der Waals surface area contributed by atoms with Gasteiger partial charge in [-0.25, -0.2) is 0 Å². The van der Waals surface area contributed by atoms with Crippen molar-refractivity contribution in [3.63, 3.8) is 0 Å². The summed E-state index contributed by atoms with van der Waals surface area (Å²) in [6, 6.07) is 25.1. The number of nitrogens with zero attached hydrogens (tertiary/aromatic N) is 2. The Bertz CT molecular complexity index is 1240. The van der Waals surface area contributed by atoms with E-state index in [9.17, 15) is 0 Å². The third-order valence-corrected chi connectivity index (χ3v) is 10.1. The van der Waals surface area contributed by atoms with Gasteiger partial charge in [-0.05, 0) is 78.8 Å². The molecule has 3 atom stereocenters. The van der Waals surface area contributed by atoms with E-state index in [1.807, 2.05) is 6.20 Å². The van der Waals surface area contributed by atoms with Gasteiger partial charge < -0.3 is 10.1 Å². The molecule has 0 amide bonds. The number of pyridine rings is 1. The van der Waals surface area contributed by atoms with Crippen molar-refractivity contribution in [3.05, 3.63) is 101 Å². The van der Waals surface area contributed by atoms with Crippen LogP contribution in [0.15, 0.2) is 72.9 Å². The second kappa shape index (κ2) is 10.2. The molecule has 3 heterocycles. The lowest BCUT2D eigenvalue weighted by Crippen LogP contribution is -2.48. The van der Waals surface area contributed by atoms with E-state index in [1.54, 1.807) is 11.1 Å². The van der Waals surface area contributed by atoms with Crippen molar-refractivity contribution in [1.29, 1.82) is 0 Å². The zero-order valence-corrected chi connectivity index (χ0v) is 22.6. The molecule has 1 saturated carbocycles. The third kappa shape index (κ3) is 4.51. The van der Waals surface area contributed by atoms with Crippen LogP contribution in [0, 0.1) is 0 Å². The molecule has 0 radical (unpaired) electrons. The van der Waals surface area contributed by atoms with E-state index in [2.05, 4.69) is 76.9 Å². The lowest BCUT2D eigenvalue weighted by atomic mass is 9.67. The van der Waals surface area contributed by atoms with Gasteiger partial charge in [0.25, 0.3) is 0 Å². The molecule has 2 aromatic carbocycles. The second-order valence-corrected chi connectivity index (χ2v) is 12.4. The topological polar surface area (TPSA) is 37.4 Å². The van der Waals surface area contributed by atoms with E-state index in [4.69, 9.17) is 9.72 Å². The molecule has 4 nitrogen and oxygen atoms in total. The van der Waals surface area contributed by atoms with Crippen molar-refractivity contribution in [3.8, 4) is 0 Å². The highest BCUT2D eigenvalue weighted by Crippen LogP contribution is 2.51. The lowest BCUT2D eigenvalue weighted by Gasteiger charge is -2.47. The minimum atomic E-state index is 0.0599. The first-order valence-electron chi connectivity index (χ1n) is 14.9. The number of aromatic nitrogens is 1. The van der Waals surface area contributed by atoms with Crippen LogP contribution in [0.2, 0.25) is 0 Å². The molecule has 2 aliphatic heterocycles. The minimum absolute atomic E-state index is 0.0599. The van der Waals surface area contributed by atoms with Gasteiger partial charge >= 0.3 is 0 Å². The highest BCUT2D eigenvalue weighted by molar-refractivity contribution is 5.45. The van der Waals surface area contributed by atoms with Gasteiger partial charge in [0.2, 0.25) is 0 Å². The summed E-state index contributed by atoms with van der Waals surface area (Å²) in [5.41, 5.74) is 7.57. The van der Waals surface area contributed by atoms with Gasteiger partial charge in [-0.1, -0.05) is 67.4 Å². The fourth-order valence-electron chi connectivity index (χ4n) is 8.32. The zero-order valence-electron chi connectivity index (χ0n) is 22.6. The first kappa shape index (κ1) is 24.5. The van der Waals surface area contributed by atoms with E-state index in [0.29, 0.717) is 12.0 Å². The summed E-state index contributed by atoms with van der Waals surface area (Å²) in [6.45, 7) is 5.05. The molecule has 2 fully saturated rings. The first-order valence-corrected chi connectivity index (χ1v) is 14.9. The molecular weight excluding hydrogens is 466 g/mol. The van der Waals surface area contributed by atoms with Crippen LogP contribution in [0.3, 0.4) is 0 Å². The number of nitrogens with one attached hydrogen (secondary N) is 1. The molecule has 38 heavy (non-hydrogen) atoms. The Hall–Kier alpha value is -2.53. The Labute approximate surface area is 227 Å². The van der Waals surface area contributed by atoms with Crippen molar-refractivity contribution >= 4 is 0 Å². The van der Waals surface area contributed by atoms with Crippen molar-refractivity contribution in [2.24, 2.45) is 0 Å². The van der Waals surface area contributed by atoms with Crippen molar-refractivity contribution in [1.82, 2.24) is 15.2 Å². The highest BCUT2D eigenvalue weighted by atomic mass is 16.5. The molecule has 7 rings (SSSR count). The maximum atomic E-state index is 6.55. The SMILES string of the molecule is c1ccc(CN(CC[C@@]2(c3ccccn3)CCOC3(CCCC3)C2)C2CC3CNCc4cccc2c43)cc1. The lowest BCUT2D eigenvalue weighted by molar-refractivity contribution is -0.106. The second-order valence-electron chi connectivity index (χ2n) is 12.4. The standard InChI is InChI=1S/C34H41N3O/c1-2-9-26(10-3-1)24-37(30-21-28-23-35-22-27-11-8-12-29(30)32(27)28)19-16-33(31-13-4-7-18-36-31)17-20-38-34(25-33)14-5-6-15-34/h1-4,7-13,18,28,30,35H,5-6,14-17,19-25H2/t28?,30?,33-/m1/s1. The molecule has 2 unspecified atom stereocenters. The summed E-state index contributed by atoms with van der Waals surface area (Å²) in [5, 5.41) is 3.68. The molecule has 3 aromatic rings. The summed E-state index contributed by atoms with van der Waals surface area (Å²) in [5.74, 6) is 0.632. The van der Waals surface area contributed by atoms with Crippen LogP contribution in [-0.4, -0.2) is 35.2 Å². The summed E-state index contributed by atoms with van der Waals surface area (Å²) >= 11 is 0. The van der Waals surface area contributed by atoms with Crippen molar-refractivity contribution < 1.29 is 4.74 Å². The molecule has 0 bridgehead atoms. The molecular formula is C34H41N3O. The molecule has 198 valence electrons. The Morgan fingerprint density at radius 1 is 0.947 bits per heavy atom. The van der Waals surface area contributed by atoms with Crippen molar-refractivity contribution in [2.45, 2.75) is 87.4 Å². The van der Waals surface area contributed by atoms with Crippen LogP contribution < -0.4 is 5.32 Å². The molecule has 4 heteroatoms. The third-order valence-electron chi connectivity index (χ3n) is 10.1. The number of benzene rings is 2. The van der Waals surface area contributed by atoms with Gasteiger partial charge in [-0.2, -0.15) is 0 Å². The number of hydrogen-bond donors (Lipinski definition) is 1. The predicted octanol–water partition coefficient (Wildman–Crippen LogP) is 6.67. The van der Waals surface area contributed by atoms with Crippen LogP contribution in [-0.2, 0) is 23.2 Å². The van der Waals surface area contributed by atoms with Crippen molar-refractivity contribution in [2.75, 3.05) is 19.7 Å². The van der Waals surface area contributed by atoms with Crippen LogP contribution in [0.1, 0.15) is 91.3 Å². The Kier molecular flexibility index (Phi) is 6.59. The maximum absolute atomic E-state index is 6.55. The molecule has 1 aromatic heterocycles. The van der Waals surface area contributed by atoms with Crippen LogP contribution in [0.5, 0.6) is 0 Å². The predicted molar refractivity (Wildman–Crippen MR) is 152 cm³/mol. The molecule has 1 spiro atoms. The Balaban J connectivity index is 1.22.